The number of nitrogens with zero attached hydrogens (tertiary/aromatic N) is 2. The molecular weight excluding hydrogens is 455 g/mol. The van der Waals surface area contributed by atoms with Crippen molar-refractivity contribution in [2.24, 2.45) is 5.41 Å². The van der Waals surface area contributed by atoms with Crippen LogP contribution >= 0.6 is 0 Å². The van der Waals surface area contributed by atoms with E-state index >= 15 is 4.39 Å². The Kier molecular flexibility index (Phi) is 6.40. The van der Waals surface area contributed by atoms with Crippen molar-refractivity contribution in [2.45, 2.75) is 26.4 Å². The summed E-state index contributed by atoms with van der Waals surface area (Å²) in [5.74, 6) is 1.32. The fourth-order valence-electron chi connectivity index (χ4n) is 2.90. The third-order valence-electron chi connectivity index (χ3n) is 4.75. The minimum absolute atomic E-state index is 0.0625. The predicted molar refractivity (Wildman–Crippen MR) is 108 cm³/mol. The van der Waals surface area contributed by atoms with E-state index in [9.17, 15) is 31.1 Å². The molecule has 3 rings (SSSR count). The van der Waals surface area contributed by atoms with E-state index in [0.717, 1.165) is 32.0 Å². The number of hydrogen-bond acceptors (Lipinski definition) is 3. The lowest BCUT2D eigenvalue weighted by molar-refractivity contribution is -0.190. The molecule has 0 radical (unpaired) electrons. The maximum atomic E-state index is 15.3. The Labute approximate surface area is 183 Å². The second-order valence-electron chi connectivity index (χ2n) is 7.54. The molecule has 0 unspecified atom stereocenters. The van der Waals surface area contributed by atoms with Crippen LogP contribution in [0.15, 0.2) is 41.2 Å². The molecule has 33 heavy (non-hydrogen) atoms. The number of benzene rings is 2. The molecule has 0 aliphatic rings. The van der Waals surface area contributed by atoms with Crippen LogP contribution in [0.25, 0.3) is 10.9 Å². The highest BCUT2D eigenvalue weighted by Crippen LogP contribution is 2.37. The normalized spacial score (nSPS) is 12.1. The first-order valence-electron chi connectivity index (χ1n) is 9.44. The highest BCUT2D eigenvalue weighted by molar-refractivity contribution is 5.92. The SMILES string of the molecule is CC(C)(C#Cc1cccc(N(CC(F)F)c2nc(=O)[nH]c3cccc(F)c23)c1F)C(F)(F)F. The van der Waals surface area contributed by atoms with E-state index in [1.54, 1.807) is 0 Å². The third-order valence-corrected chi connectivity index (χ3v) is 4.75. The zero-order valence-electron chi connectivity index (χ0n) is 17.2. The average molecular weight is 471 g/mol. The van der Waals surface area contributed by atoms with Crippen molar-refractivity contribution in [1.82, 2.24) is 9.97 Å². The van der Waals surface area contributed by atoms with E-state index in [2.05, 4.69) is 15.9 Å². The maximum Gasteiger partial charge on any atom is 0.404 e. The molecule has 174 valence electrons. The summed E-state index contributed by atoms with van der Waals surface area (Å²) in [6.45, 7) is 0.432. The Hall–Kier alpha value is -3.55. The van der Waals surface area contributed by atoms with Gasteiger partial charge in [0.05, 0.1) is 28.7 Å². The molecule has 4 nitrogen and oxygen atoms in total. The molecule has 1 heterocycles. The summed E-state index contributed by atoms with van der Waals surface area (Å²) >= 11 is 0. The Morgan fingerprint density at radius 2 is 1.76 bits per heavy atom. The Bertz CT molecular complexity index is 1300. The number of H-pyrrole nitrogens is 1. The molecule has 3 aromatic rings. The van der Waals surface area contributed by atoms with Crippen LogP contribution in [-0.2, 0) is 0 Å². The number of anilines is 2. The molecule has 0 spiro atoms. The average Bonchev–Trinajstić information content (AvgIpc) is 2.70. The molecule has 0 saturated carbocycles. The molecular formula is C22H16F7N3O. The van der Waals surface area contributed by atoms with Crippen molar-refractivity contribution in [3.05, 3.63) is 64.1 Å². The summed E-state index contributed by atoms with van der Waals surface area (Å²) in [4.78, 5) is 18.4. The van der Waals surface area contributed by atoms with Crippen molar-refractivity contribution < 1.29 is 30.7 Å². The molecule has 1 aromatic heterocycles. The van der Waals surface area contributed by atoms with E-state index in [1.807, 2.05) is 5.92 Å². The number of fused-ring (bicyclic) bond motifs is 1. The summed E-state index contributed by atoms with van der Waals surface area (Å²) < 4.78 is 95.8. The van der Waals surface area contributed by atoms with Crippen LogP contribution < -0.4 is 10.6 Å². The van der Waals surface area contributed by atoms with Gasteiger partial charge < -0.3 is 9.88 Å². The van der Waals surface area contributed by atoms with Gasteiger partial charge in [-0.3, -0.25) is 0 Å². The zero-order chi connectivity index (χ0) is 24.6. The van der Waals surface area contributed by atoms with Gasteiger partial charge in [0.1, 0.15) is 11.2 Å². The number of hydrogen-bond donors (Lipinski definition) is 1. The number of alkyl halides is 5. The monoisotopic (exact) mass is 471 g/mol. The largest absolute Gasteiger partial charge is 0.404 e. The van der Waals surface area contributed by atoms with Crippen LogP contribution in [0.4, 0.5) is 42.2 Å². The Morgan fingerprint density at radius 3 is 2.39 bits per heavy atom. The van der Waals surface area contributed by atoms with E-state index in [1.165, 1.54) is 18.2 Å². The quantitative estimate of drug-likeness (QED) is 0.401. The van der Waals surface area contributed by atoms with Gasteiger partial charge in [-0.15, -0.1) is 0 Å². The summed E-state index contributed by atoms with van der Waals surface area (Å²) in [6.07, 6.45) is -7.76. The van der Waals surface area contributed by atoms with E-state index < -0.39 is 59.0 Å². The maximum absolute atomic E-state index is 15.3. The van der Waals surface area contributed by atoms with Gasteiger partial charge in [-0.1, -0.05) is 24.0 Å². The molecule has 0 atom stereocenters. The lowest BCUT2D eigenvalue weighted by Crippen LogP contribution is -2.30. The zero-order valence-corrected chi connectivity index (χ0v) is 17.2. The molecule has 0 saturated heterocycles. The molecule has 0 fully saturated rings. The topological polar surface area (TPSA) is 49.0 Å². The van der Waals surface area contributed by atoms with Crippen LogP contribution in [0, 0.1) is 28.9 Å². The number of aromatic amines is 1. The summed E-state index contributed by atoms with van der Waals surface area (Å²) in [7, 11) is 0. The standard InChI is InChI=1S/C22H16F7N3O/c1-21(2,22(27,28)29)10-9-12-5-3-8-15(18(12)26)32(11-16(24)25)19-17-13(23)6-4-7-14(17)30-20(33)31-19/h3-8,16H,11H2,1-2H3,(H,30,31,33). The van der Waals surface area contributed by atoms with Gasteiger partial charge in [0, 0.05) is 0 Å². The number of rotatable bonds is 4. The minimum atomic E-state index is -4.69. The first kappa shape index (κ1) is 24.1. The molecule has 1 N–H and O–H groups in total. The number of nitrogens with one attached hydrogen (secondary N) is 1. The summed E-state index contributed by atoms with van der Waals surface area (Å²) in [5, 5.41) is -0.341. The third kappa shape index (κ3) is 4.94. The van der Waals surface area contributed by atoms with Crippen LogP contribution in [0.5, 0.6) is 0 Å². The summed E-state index contributed by atoms with van der Waals surface area (Å²) in [6, 6.07) is 6.89. The van der Waals surface area contributed by atoms with E-state index in [-0.39, 0.29) is 10.9 Å². The van der Waals surface area contributed by atoms with Crippen molar-refractivity contribution in [2.75, 3.05) is 11.4 Å². The van der Waals surface area contributed by atoms with E-state index in [0.29, 0.717) is 4.90 Å². The first-order valence-corrected chi connectivity index (χ1v) is 9.44. The van der Waals surface area contributed by atoms with Crippen LogP contribution in [-0.4, -0.2) is 29.1 Å². The van der Waals surface area contributed by atoms with Crippen molar-refractivity contribution in [3.63, 3.8) is 0 Å². The molecule has 0 aliphatic heterocycles. The molecule has 0 bridgehead atoms. The van der Waals surface area contributed by atoms with Gasteiger partial charge in [0.15, 0.2) is 11.6 Å². The Balaban J connectivity index is 2.23. The molecule has 11 heteroatoms. The van der Waals surface area contributed by atoms with Gasteiger partial charge in [0.25, 0.3) is 6.43 Å². The molecule has 2 aromatic carbocycles. The van der Waals surface area contributed by atoms with Gasteiger partial charge in [-0.25, -0.2) is 22.4 Å². The highest BCUT2D eigenvalue weighted by atomic mass is 19.4. The smallest absolute Gasteiger partial charge is 0.317 e. The Morgan fingerprint density at radius 1 is 1.09 bits per heavy atom. The predicted octanol–water partition coefficient (Wildman–Crippen LogP) is 5.54. The first-order chi connectivity index (χ1) is 15.3. The molecule has 0 aliphatic carbocycles. The lowest BCUT2D eigenvalue weighted by atomic mass is 9.93. The number of aromatic nitrogens is 2. The summed E-state index contributed by atoms with van der Waals surface area (Å²) in [5.41, 5.74) is -4.59. The van der Waals surface area contributed by atoms with Crippen molar-refractivity contribution in [3.8, 4) is 11.8 Å². The fourth-order valence-corrected chi connectivity index (χ4v) is 2.90. The number of halogens is 7. The van der Waals surface area contributed by atoms with Crippen molar-refractivity contribution in [1.29, 1.82) is 0 Å². The van der Waals surface area contributed by atoms with Gasteiger partial charge >= 0.3 is 11.9 Å². The second-order valence-corrected chi connectivity index (χ2v) is 7.54. The highest BCUT2D eigenvalue weighted by Gasteiger charge is 2.46. The van der Waals surface area contributed by atoms with Crippen LogP contribution in [0.1, 0.15) is 19.4 Å². The van der Waals surface area contributed by atoms with Gasteiger partial charge in [-0.2, -0.15) is 18.2 Å². The van der Waals surface area contributed by atoms with Gasteiger partial charge in [-0.05, 0) is 38.1 Å². The second kappa shape index (κ2) is 8.77. The van der Waals surface area contributed by atoms with E-state index in [4.69, 9.17) is 0 Å². The van der Waals surface area contributed by atoms with Crippen LogP contribution in [0.3, 0.4) is 0 Å². The molecule has 0 amide bonds. The van der Waals surface area contributed by atoms with Crippen molar-refractivity contribution >= 4 is 22.4 Å². The fraction of sp³-hybridized carbons (Fsp3) is 0.273. The minimum Gasteiger partial charge on any atom is -0.317 e. The van der Waals surface area contributed by atoms with Gasteiger partial charge in [0.2, 0.25) is 0 Å². The van der Waals surface area contributed by atoms with Crippen LogP contribution in [0.2, 0.25) is 0 Å². The lowest BCUT2D eigenvalue weighted by Gasteiger charge is -2.25.